The second-order valence-corrected chi connectivity index (χ2v) is 7.35. The fourth-order valence-corrected chi connectivity index (χ4v) is 3.99. The molecule has 0 saturated carbocycles. The zero-order valence-corrected chi connectivity index (χ0v) is 19.8. The Labute approximate surface area is 189 Å². The number of hydrogen-bond donors (Lipinski definition) is 1. The van der Waals surface area contributed by atoms with Crippen LogP contribution in [0.2, 0.25) is 0 Å². The van der Waals surface area contributed by atoms with E-state index in [1.165, 1.54) is 0 Å². The van der Waals surface area contributed by atoms with Gasteiger partial charge in [-0.15, -0.1) is 24.0 Å². The lowest BCUT2D eigenvalue weighted by Gasteiger charge is -2.35. The van der Waals surface area contributed by atoms with E-state index in [1.54, 1.807) is 22.8 Å². The van der Waals surface area contributed by atoms with Crippen molar-refractivity contribution in [1.29, 1.82) is 0 Å². The molecule has 29 heavy (non-hydrogen) atoms. The molecule has 2 aliphatic heterocycles. The smallest absolute Gasteiger partial charge is 0.246 e. The van der Waals surface area contributed by atoms with Crippen molar-refractivity contribution in [3.05, 3.63) is 12.4 Å². The van der Waals surface area contributed by atoms with E-state index < -0.39 is 0 Å². The van der Waals surface area contributed by atoms with Gasteiger partial charge in [-0.25, -0.2) is 0 Å². The molecular formula is C19H32IN7O2. The molecule has 3 heterocycles. The van der Waals surface area contributed by atoms with Crippen LogP contribution in [0.4, 0.5) is 5.69 Å². The first-order chi connectivity index (χ1) is 13.5. The Kier molecular flexibility index (Phi) is 8.72. The lowest BCUT2D eigenvalue weighted by atomic mass is 10.1. The van der Waals surface area contributed by atoms with Gasteiger partial charge in [-0.05, 0) is 19.3 Å². The Bertz CT molecular complexity index is 736. The normalized spacial score (nSPS) is 18.9. The number of nitrogens with zero attached hydrogens (tertiary/aromatic N) is 6. The van der Waals surface area contributed by atoms with Gasteiger partial charge in [0.05, 0.1) is 11.9 Å². The van der Waals surface area contributed by atoms with Crippen LogP contribution in [0.15, 0.2) is 17.4 Å². The van der Waals surface area contributed by atoms with Crippen molar-refractivity contribution >= 4 is 47.4 Å². The summed E-state index contributed by atoms with van der Waals surface area (Å²) in [5.74, 6) is 1.05. The van der Waals surface area contributed by atoms with Crippen molar-refractivity contribution in [1.82, 2.24) is 24.9 Å². The number of amides is 2. The van der Waals surface area contributed by atoms with Gasteiger partial charge in [0.1, 0.15) is 6.54 Å². The SMILES string of the molecule is CCC(CCNC(=NC)N1CCN(c2cnn(C)c2)C(=O)C1)N1CCCC1=O.I. The molecule has 1 unspecified atom stereocenters. The molecule has 2 amide bonds. The minimum absolute atomic E-state index is 0. The van der Waals surface area contributed by atoms with Gasteiger partial charge in [0.25, 0.3) is 0 Å². The van der Waals surface area contributed by atoms with E-state index in [2.05, 4.69) is 22.3 Å². The molecule has 2 fully saturated rings. The largest absolute Gasteiger partial charge is 0.356 e. The molecule has 0 radical (unpaired) electrons. The molecule has 10 heteroatoms. The third-order valence-electron chi connectivity index (χ3n) is 5.52. The third kappa shape index (κ3) is 5.61. The van der Waals surface area contributed by atoms with Crippen molar-refractivity contribution in [2.75, 3.05) is 44.7 Å². The summed E-state index contributed by atoms with van der Waals surface area (Å²) >= 11 is 0. The predicted molar refractivity (Wildman–Crippen MR) is 124 cm³/mol. The number of piperazine rings is 1. The van der Waals surface area contributed by atoms with Crippen LogP contribution in [-0.4, -0.2) is 83.2 Å². The number of hydrogen-bond acceptors (Lipinski definition) is 4. The van der Waals surface area contributed by atoms with Gasteiger partial charge in [0.2, 0.25) is 11.8 Å². The Morgan fingerprint density at radius 1 is 1.28 bits per heavy atom. The average Bonchev–Trinajstić information content (AvgIpc) is 3.30. The number of anilines is 1. The first-order valence-corrected chi connectivity index (χ1v) is 10.1. The van der Waals surface area contributed by atoms with E-state index in [4.69, 9.17) is 0 Å². The molecule has 2 aliphatic rings. The Morgan fingerprint density at radius 3 is 2.62 bits per heavy atom. The van der Waals surface area contributed by atoms with Crippen molar-refractivity contribution < 1.29 is 9.59 Å². The average molecular weight is 517 g/mol. The molecule has 2 saturated heterocycles. The lowest BCUT2D eigenvalue weighted by Crippen LogP contribution is -2.55. The topological polar surface area (TPSA) is 86.1 Å². The molecule has 0 aromatic carbocycles. The van der Waals surface area contributed by atoms with Crippen LogP contribution in [0.3, 0.4) is 0 Å². The molecule has 1 N–H and O–H groups in total. The minimum atomic E-state index is 0. The molecular weight excluding hydrogens is 485 g/mol. The highest BCUT2D eigenvalue weighted by atomic mass is 127. The highest BCUT2D eigenvalue weighted by molar-refractivity contribution is 14.0. The number of likely N-dealkylation sites (tertiary alicyclic amines) is 1. The fraction of sp³-hybridized carbons (Fsp3) is 0.684. The van der Waals surface area contributed by atoms with Crippen molar-refractivity contribution in [3.8, 4) is 0 Å². The number of nitrogens with one attached hydrogen (secondary N) is 1. The second-order valence-electron chi connectivity index (χ2n) is 7.35. The maximum Gasteiger partial charge on any atom is 0.246 e. The minimum Gasteiger partial charge on any atom is -0.356 e. The van der Waals surface area contributed by atoms with E-state index in [1.807, 2.05) is 23.0 Å². The number of aryl methyl sites for hydroxylation is 1. The summed E-state index contributed by atoms with van der Waals surface area (Å²) in [6, 6.07) is 0.268. The van der Waals surface area contributed by atoms with E-state index in [-0.39, 0.29) is 48.4 Å². The van der Waals surface area contributed by atoms with E-state index in [9.17, 15) is 9.59 Å². The van der Waals surface area contributed by atoms with Crippen LogP contribution in [0.5, 0.6) is 0 Å². The molecule has 1 aromatic heterocycles. The van der Waals surface area contributed by atoms with Crippen molar-refractivity contribution in [2.45, 2.75) is 38.6 Å². The lowest BCUT2D eigenvalue weighted by molar-refractivity contribution is -0.129. The molecule has 9 nitrogen and oxygen atoms in total. The second kappa shape index (κ2) is 10.8. The third-order valence-corrected chi connectivity index (χ3v) is 5.52. The van der Waals surface area contributed by atoms with Crippen LogP contribution in [0.25, 0.3) is 0 Å². The van der Waals surface area contributed by atoms with Gasteiger partial charge in [0.15, 0.2) is 5.96 Å². The summed E-state index contributed by atoms with van der Waals surface area (Å²) in [4.78, 5) is 34.7. The van der Waals surface area contributed by atoms with E-state index >= 15 is 0 Å². The molecule has 0 spiro atoms. The number of carbonyl (C=O) groups excluding carboxylic acids is 2. The first-order valence-electron chi connectivity index (χ1n) is 10.1. The molecule has 1 aromatic rings. The summed E-state index contributed by atoms with van der Waals surface area (Å²) in [5.41, 5.74) is 0.830. The quantitative estimate of drug-likeness (QED) is 0.347. The summed E-state index contributed by atoms with van der Waals surface area (Å²) in [6.07, 6.45) is 7.04. The summed E-state index contributed by atoms with van der Waals surface area (Å²) < 4.78 is 1.70. The van der Waals surface area contributed by atoms with Crippen LogP contribution in [0.1, 0.15) is 32.6 Å². The standard InChI is InChI=1S/C19H31N7O2.HI/c1-4-15(25-9-5-6-17(25)27)7-8-21-19(20-2)24-10-11-26(18(28)14-24)16-12-22-23(3)13-16;/h12-13,15H,4-11,14H2,1-3H3,(H,20,21);1H. The number of aromatic nitrogens is 2. The van der Waals surface area contributed by atoms with Crippen LogP contribution in [0, 0.1) is 0 Å². The fourth-order valence-electron chi connectivity index (χ4n) is 3.99. The zero-order valence-electron chi connectivity index (χ0n) is 17.5. The highest BCUT2D eigenvalue weighted by Gasteiger charge is 2.29. The van der Waals surface area contributed by atoms with Gasteiger partial charge in [0, 0.05) is 58.9 Å². The molecule has 1 atom stereocenters. The number of carbonyl (C=O) groups is 2. The molecule has 0 bridgehead atoms. The monoisotopic (exact) mass is 517 g/mol. The number of guanidine groups is 1. The van der Waals surface area contributed by atoms with Crippen LogP contribution in [-0.2, 0) is 16.6 Å². The molecule has 0 aliphatic carbocycles. The van der Waals surface area contributed by atoms with Gasteiger partial charge < -0.3 is 20.0 Å². The van der Waals surface area contributed by atoms with Gasteiger partial charge >= 0.3 is 0 Å². The van der Waals surface area contributed by atoms with Gasteiger partial charge in [-0.3, -0.25) is 19.3 Å². The van der Waals surface area contributed by atoms with E-state index in [0.29, 0.717) is 19.5 Å². The van der Waals surface area contributed by atoms with Crippen molar-refractivity contribution in [2.24, 2.45) is 12.0 Å². The van der Waals surface area contributed by atoms with E-state index in [0.717, 1.165) is 44.0 Å². The number of halogens is 1. The Balaban J connectivity index is 0.00000300. The van der Waals surface area contributed by atoms with Crippen molar-refractivity contribution in [3.63, 3.8) is 0 Å². The first kappa shape index (κ1) is 23.4. The molecule has 162 valence electrons. The maximum atomic E-state index is 12.6. The predicted octanol–water partition coefficient (Wildman–Crippen LogP) is 1.05. The Morgan fingerprint density at radius 2 is 2.07 bits per heavy atom. The maximum absolute atomic E-state index is 12.6. The highest BCUT2D eigenvalue weighted by Crippen LogP contribution is 2.18. The zero-order chi connectivity index (χ0) is 20.1. The van der Waals surface area contributed by atoms with Crippen LogP contribution < -0.4 is 10.2 Å². The number of aliphatic imine (C=N–C) groups is 1. The molecule has 3 rings (SSSR count). The van der Waals surface area contributed by atoms with Crippen LogP contribution >= 0.6 is 24.0 Å². The number of rotatable bonds is 6. The summed E-state index contributed by atoms with van der Waals surface area (Å²) in [7, 11) is 3.58. The van der Waals surface area contributed by atoms with Gasteiger partial charge in [-0.1, -0.05) is 6.92 Å². The summed E-state index contributed by atoms with van der Waals surface area (Å²) in [6.45, 7) is 5.33. The Hall–Kier alpha value is -1.85. The summed E-state index contributed by atoms with van der Waals surface area (Å²) in [5, 5.41) is 7.52. The van der Waals surface area contributed by atoms with Gasteiger partial charge in [-0.2, -0.15) is 5.10 Å².